The van der Waals surface area contributed by atoms with Gasteiger partial charge in [0.1, 0.15) is 17.6 Å². The lowest BCUT2D eigenvalue weighted by molar-refractivity contribution is -0.151. The normalized spacial score (nSPS) is 13.0. The third-order valence-corrected chi connectivity index (χ3v) is 5.70. The summed E-state index contributed by atoms with van der Waals surface area (Å²) >= 11 is 0. The summed E-state index contributed by atoms with van der Waals surface area (Å²) in [6, 6.07) is 32.7. The number of para-hydroxylation sites is 1. The molecule has 4 heteroatoms. The van der Waals surface area contributed by atoms with Crippen LogP contribution in [0.4, 0.5) is 0 Å². The predicted octanol–water partition coefficient (Wildman–Crippen LogP) is 7.57. The van der Waals surface area contributed by atoms with Crippen LogP contribution < -0.4 is 4.74 Å². The number of hydrogen-bond donors (Lipinski definition) is 0. The van der Waals surface area contributed by atoms with Crippen LogP contribution in [0.25, 0.3) is 10.8 Å². The van der Waals surface area contributed by atoms with Gasteiger partial charge in [-0.1, -0.05) is 93.6 Å². The highest BCUT2D eigenvalue weighted by atomic mass is 16.5. The van der Waals surface area contributed by atoms with Gasteiger partial charge in [0.25, 0.3) is 0 Å². The second kappa shape index (κ2) is 9.80. The molecule has 0 aliphatic rings. The maximum atomic E-state index is 13.4. The van der Waals surface area contributed by atoms with Crippen LogP contribution >= 0.6 is 0 Å². The minimum absolute atomic E-state index is 0.405. The zero-order chi connectivity index (χ0) is 24.1. The van der Waals surface area contributed by atoms with Crippen LogP contribution in [-0.4, -0.2) is 5.97 Å². The van der Waals surface area contributed by atoms with Crippen LogP contribution in [-0.2, 0) is 9.53 Å². The van der Waals surface area contributed by atoms with E-state index in [9.17, 15) is 10.1 Å². The average molecular weight is 450 g/mol. The maximum absolute atomic E-state index is 13.4. The van der Waals surface area contributed by atoms with Crippen LogP contribution in [0.2, 0.25) is 0 Å². The highest BCUT2D eigenvalue weighted by Gasteiger charge is 2.36. The molecule has 0 radical (unpaired) electrons. The van der Waals surface area contributed by atoms with E-state index >= 15 is 0 Å². The van der Waals surface area contributed by atoms with Gasteiger partial charge in [-0.3, -0.25) is 4.79 Å². The van der Waals surface area contributed by atoms with E-state index in [0.717, 1.165) is 16.3 Å². The summed E-state index contributed by atoms with van der Waals surface area (Å²) < 4.78 is 11.7. The van der Waals surface area contributed by atoms with Gasteiger partial charge in [0.2, 0.25) is 6.10 Å². The van der Waals surface area contributed by atoms with Gasteiger partial charge >= 0.3 is 5.97 Å². The van der Waals surface area contributed by atoms with Gasteiger partial charge in [-0.05, 0) is 46.0 Å². The van der Waals surface area contributed by atoms with Crippen molar-refractivity contribution in [1.82, 2.24) is 0 Å². The van der Waals surface area contributed by atoms with Crippen molar-refractivity contribution in [1.29, 1.82) is 5.26 Å². The topological polar surface area (TPSA) is 59.3 Å². The van der Waals surface area contributed by atoms with E-state index in [1.54, 1.807) is 24.3 Å². The summed E-state index contributed by atoms with van der Waals surface area (Å²) in [7, 11) is 0. The third kappa shape index (κ3) is 5.27. The smallest absolute Gasteiger partial charge is 0.315 e. The number of fused-ring (bicyclic) bond motifs is 1. The molecular weight excluding hydrogens is 422 g/mol. The number of ether oxygens (including phenoxy) is 2. The molecule has 0 saturated carbocycles. The summed E-state index contributed by atoms with van der Waals surface area (Å²) in [6.45, 7) is 6.01. The maximum Gasteiger partial charge on any atom is 0.315 e. The molecule has 0 aliphatic heterocycles. The fourth-order valence-electron chi connectivity index (χ4n) is 4.10. The summed E-state index contributed by atoms with van der Waals surface area (Å²) in [5.41, 5.74) is 1.03. The molecule has 0 aliphatic carbocycles. The molecule has 2 unspecified atom stereocenters. The van der Waals surface area contributed by atoms with Gasteiger partial charge in [0, 0.05) is 5.56 Å². The molecule has 4 aromatic rings. The van der Waals surface area contributed by atoms with E-state index in [1.165, 1.54) is 0 Å². The largest absolute Gasteiger partial charge is 0.457 e. The summed E-state index contributed by atoms with van der Waals surface area (Å²) in [4.78, 5) is 13.4. The minimum Gasteiger partial charge on any atom is -0.457 e. The van der Waals surface area contributed by atoms with Crippen molar-refractivity contribution in [2.24, 2.45) is 5.41 Å². The van der Waals surface area contributed by atoms with Gasteiger partial charge in [-0.15, -0.1) is 0 Å². The molecule has 0 aromatic heterocycles. The molecular formula is C30H27NO3. The van der Waals surface area contributed by atoms with Crippen molar-refractivity contribution in [3.8, 4) is 17.6 Å². The van der Waals surface area contributed by atoms with Crippen molar-refractivity contribution < 1.29 is 14.3 Å². The van der Waals surface area contributed by atoms with Crippen molar-refractivity contribution in [2.75, 3.05) is 0 Å². The highest BCUT2D eigenvalue weighted by Crippen LogP contribution is 2.38. The zero-order valence-corrected chi connectivity index (χ0v) is 19.6. The fraction of sp³-hybridized carbons (Fsp3) is 0.200. The molecule has 4 nitrogen and oxygen atoms in total. The Morgan fingerprint density at radius 1 is 0.765 bits per heavy atom. The second-order valence-electron chi connectivity index (χ2n) is 9.34. The first-order chi connectivity index (χ1) is 16.3. The Balaban J connectivity index is 1.59. The van der Waals surface area contributed by atoms with Gasteiger partial charge in [0.05, 0.1) is 5.92 Å². The number of hydrogen-bond acceptors (Lipinski definition) is 4. The number of esters is 1. The van der Waals surface area contributed by atoms with E-state index in [1.807, 2.05) is 93.6 Å². The molecule has 34 heavy (non-hydrogen) atoms. The number of nitrogens with zero attached hydrogens (tertiary/aromatic N) is 1. The Hall–Kier alpha value is -4.10. The quantitative estimate of drug-likeness (QED) is 0.285. The van der Waals surface area contributed by atoms with Crippen LogP contribution in [0.5, 0.6) is 11.5 Å². The fourth-order valence-corrected chi connectivity index (χ4v) is 4.10. The molecule has 0 saturated heterocycles. The number of carbonyl (C=O) groups is 1. The molecule has 4 rings (SSSR count). The monoisotopic (exact) mass is 449 g/mol. The van der Waals surface area contributed by atoms with Crippen LogP contribution in [0.3, 0.4) is 0 Å². The SMILES string of the molecule is CC(C)(C)C(C(=O)OC(C#N)c1cccc(Oc2ccccc2)c1)c1ccc2ccccc2c1. The van der Waals surface area contributed by atoms with E-state index in [0.29, 0.717) is 17.1 Å². The van der Waals surface area contributed by atoms with Crippen molar-refractivity contribution in [2.45, 2.75) is 32.8 Å². The van der Waals surface area contributed by atoms with Crippen LogP contribution in [0.15, 0.2) is 97.1 Å². The van der Waals surface area contributed by atoms with Gasteiger partial charge in [-0.25, -0.2) is 0 Å². The molecule has 0 N–H and O–H groups in total. The van der Waals surface area contributed by atoms with Crippen LogP contribution in [0, 0.1) is 16.7 Å². The Labute approximate surface area is 200 Å². The molecule has 0 spiro atoms. The van der Waals surface area contributed by atoms with Crippen molar-refractivity contribution in [3.05, 3.63) is 108 Å². The van der Waals surface area contributed by atoms with Gasteiger partial charge in [-0.2, -0.15) is 5.26 Å². The van der Waals surface area contributed by atoms with Gasteiger partial charge < -0.3 is 9.47 Å². The van der Waals surface area contributed by atoms with E-state index in [-0.39, 0.29) is 0 Å². The summed E-state index contributed by atoms with van der Waals surface area (Å²) in [5.74, 6) is 0.302. The Kier molecular flexibility index (Phi) is 6.65. The first-order valence-electron chi connectivity index (χ1n) is 11.3. The summed E-state index contributed by atoms with van der Waals surface area (Å²) in [6.07, 6.45) is -1.04. The lowest BCUT2D eigenvalue weighted by Crippen LogP contribution is -2.29. The standard InChI is InChI=1S/C30H27NO3/c1-30(2,3)28(24-17-16-21-10-7-8-11-22(21)18-24)29(32)34-27(20-31)23-12-9-15-26(19-23)33-25-13-5-4-6-14-25/h4-19,27-28H,1-3H3. The van der Waals surface area contributed by atoms with Crippen LogP contribution in [0.1, 0.15) is 43.9 Å². The predicted molar refractivity (Wildman–Crippen MR) is 134 cm³/mol. The van der Waals surface area contributed by atoms with Crippen molar-refractivity contribution in [3.63, 3.8) is 0 Å². The molecule has 170 valence electrons. The Bertz CT molecular complexity index is 1330. The molecule has 0 amide bonds. The average Bonchev–Trinajstić information content (AvgIpc) is 2.82. The first-order valence-corrected chi connectivity index (χ1v) is 11.3. The molecule has 0 fully saturated rings. The molecule has 4 aromatic carbocycles. The zero-order valence-electron chi connectivity index (χ0n) is 19.6. The molecule has 0 heterocycles. The number of benzene rings is 4. The third-order valence-electron chi connectivity index (χ3n) is 5.70. The van der Waals surface area contributed by atoms with Gasteiger partial charge in [0.15, 0.2) is 0 Å². The minimum atomic E-state index is -1.04. The highest BCUT2D eigenvalue weighted by molar-refractivity contribution is 5.86. The number of carbonyl (C=O) groups excluding carboxylic acids is 1. The molecule has 0 bridgehead atoms. The Morgan fingerprint density at radius 3 is 2.15 bits per heavy atom. The van der Waals surface area contributed by atoms with E-state index in [2.05, 4.69) is 6.07 Å². The second-order valence-corrected chi connectivity index (χ2v) is 9.34. The first kappa shape index (κ1) is 23.1. The lowest BCUT2D eigenvalue weighted by atomic mass is 9.76. The van der Waals surface area contributed by atoms with E-state index < -0.39 is 23.4 Å². The summed E-state index contributed by atoms with van der Waals surface area (Å²) in [5, 5.41) is 12.0. The van der Waals surface area contributed by atoms with E-state index in [4.69, 9.17) is 9.47 Å². The lowest BCUT2D eigenvalue weighted by Gasteiger charge is -2.30. The number of nitriles is 1. The Morgan fingerprint density at radius 2 is 1.44 bits per heavy atom. The van der Waals surface area contributed by atoms with Crippen molar-refractivity contribution >= 4 is 16.7 Å². The molecule has 2 atom stereocenters. The number of rotatable bonds is 6.